The van der Waals surface area contributed by atoms with Gasteiger partial charge in [0.25, 0.3) is 0 Å². The summed E-state index contributed by atoms with van der Waals surface area (Å²) in [7, 11) is -9.90. The summed E-state index contributed by atoms with van der Waals surface area (Å²) in [4.78, 5) is 72.5. The fourth-order valence-corrected chi connectivity index (χ4v) is 12.0. The van der Waals surface area contributed by atoms with E-state index in [9.17, 15) is 43.2 Å². The average molecular weight is 1310 g/mol. The van der Waals surface area contributed by atoms with E-state index < -0.39 is 97.5 Å². The van der Waals surface area contributed by atoms with E-state index in [-0.39, 0.29) is 25.7 Å². The molecule has 0 aromatic carbocycles. The molecule has 0 saturated carbocycles. The molecule has 17 nitrogen and oxygen atoms in total. The van der Waals surface area contributed by atoms with Crippen molar-refractivity contribution in [1.29, 1.82) is 0 Å². The van der Waals surface area contributed by atoms with E-state index in [2.05, 4.69) is 55.4 Å². The van der Waals surface area contributed by atoms with Crippen LogP contribution in [-0.2, 0) is 65.4 Å². The number of carbonyl (C=O) groups is 4. The van der Waals surface area contributed by atoms with Crippen LogP contribution in [0, 0.1) is 23.7 Å². The monoisotopic (exact) mass is 1310 g/mol. The number of carbonyl (C=O) groups excluding carboxylic acids is 4. The molecular formula is C70H136O17P2. The van der Waals surface area contributed by atoms with Gasteiger partial charge in [0.15, 0.2) is 12.2 Å². The Balaban J connectivity index is 5.23. The highest BCUT2D eigenvalue weighted by Crippen LogP contribution is 2.45. The molecular weight excluding hydrogens is 1170 g/mol. The number of ether oxygens (including phenoxy) is 4. The zero-order chi connectivity index (χ0) is 66.1. The minimum atomic E-state index is -4.95. The van der Waals surface area contributed by atoms with Crippen molar-refractivity contribution in [3.05, 3.63) is 0 Å². The zero-order valence-corrected chi connectivity index (χ0v) is 59.8. The normalized spacial score (nSPS) is 14.6. The van der Waals surface area contributed by atoms with Gasteiger partial charge in [-0.15, -0.1) is 0 Å². The van der Waals surface area contributed by atoms with Gasteiger partial charge in [0.1, 0.15) is 19.3 Å². The van der Waals surface area contributed by atoms with E-state index in [1.54, 1.807) is 0 Å². The van der Waals surface area contributed by atoms with Gasteiger partial charge in [-0.3, -0.25) is 37.3 Å². The van der Waals surface area contributed by atoms with Crippen molar-refractivity contribution in [2.45, 2.75) is 363 Å². The molecule has 0 spiro atoms. The minimum absolute atomic E-state index is 0.101. The highest BCUT2D eigenvalue weighted by molar-refractivity contribution is 7.47. The molecule has 19 heteroatoms. The van der Waals surface area contributed by atoms with Crippen molar-refractivity contribution in [1.82, 2.24) is 0 Å². The third kappa shape index (κ3) is 63.2. The first-order chi connectivity index (χ1) is 42.6. The van der Waals surface area contributed by atoms with E-state index in [0.717, 1.165) is 114 Å². The first-order valence-corrected chi connectivity index (χ1v) is 39.2. The predicted molar refractivity (Wildman–Crippen MR) is 358 cm³/mol. The van der Waals surface area contributed by atoms with Gasteiger partial charge in [0.2, 0.25) is 0 Å². The van der Waals surface area contributed by atoms with Crippen LogP contribution in [0.15, 0.2) is 0 Å². The molecule has 0 saturated heterocycles. The summed E-state index contributed by atoms with van der Waals surface area (Å²) in [5.41, 5.74) is 0. The summed E-state index contributed by atoms with van der Waals surface area (Å²) in [6.45, 7) is 14.0. The van der Waals surface area contributed by atoms with Crippen LogP contribution in [-0.4, -0.2) is 96.7 Å². The number of phosphoric ester groups is 2. The van der Waals surface area contributed by atoms with Gasteiger partial charge in [-0.2, -0.15) is 0 Å². The van der Waals surface area contributed by atoms with Crippen LogP contribution >= 0.6 is 15.6 Å². The standard InChI is InChI=1S/C70H136O17P2/c1-9-63(8)49-41-33-27-29-35-43-51-68(73)81-57-66(87-70(75)53-45-37-28-26-32-40-48-62(6)7)59-85-89(78,79)83-55-64(71)54-82-88(76,77)84-58-65(56-80-67(72)50-42-34-24-20-17-16-19-23-31-39-47-61(4)5)86-69(74)52-44-36-25-21-15-13-11-10-12-14-18-22-30-38-46-60(2)3/h60-66,71H,9-59H2,1-8H3,(H,76,77)(H,78,79)/t63?,64-,65-,66-/m1/s1. The second-order valence-electron chi connectivity index (χ2n) is 26.9. The number of hydrogen-bond acceptors (Lipinski definition) is 15. The van der Waals surface area contributed by atoms with Crippen LogP contribution in [0.2, 0.25) is 0 Å². The second-order valence-corrected chi connectivity index (χ2v) is 29.8. The van der Waals surface area contributed by atoms with Crippen LogP contribution in [0.25, 0.3) is 0 Å². The Labute approximate surface area is 543 Å². The van der Waals surface area contributed by atoms with Gasteiger partial charge in [-0.1, -0.05) is 293 Å². The van der Waals surface area contributed by atoms with E-state index in [1.807, 2.05) is 0 Å². The molecule has 0 bridgehead atoms. The third-order valence-corrected chi connectivity index (χ3v) is 18.3. The third-order valence-electron chi connectivity index (χ3n) is 16.4. The van der Waals surface area contributed by atoms with Crippen molar-refractivity contribution in [2.75, 3.05) is 39.6 Å². The largest absolute Gasteiger partial charge is 0.472 e. The van der Waals surface area contributed by atoms with Crippen LogP contribution < -0.4 is 0 Å². The maximum Gasteiger partial charge on any atom is 0.472 e. The summed E-state index contributed by atoms with van der Waals surface area (Å²) >= 11 is 0. The van der Waals surface area contributed by atoms with Crippen molar-refractivity contribution < 1.29 is 80.2 Å². The summed E-state index contributed by atoms with van der Waals surface area (Å²) in [6, 6.07) is 0. The smallest absolute Gasteiger partial charge is 0.462 e. The highest BCUT2D eigenvalue weighted by Gasteiger charge is 2.30. The van der Waals surface area contributed by atoms with E-state index in [0.29, 0.717) is 31.6 Å². The number of aliphatic hydroxyl groups is 1. The van der Waals surface area contributed by atoms with Crippen LogP contribution in [0.5, 0.6) is 0 Å². The van der Waals surface area contributed by atoms with Gasteiger partial charge in [0.05, 0.1) is 26.4 Å². The summed E-state index contributed by atoms with van der Waals surface area (Å²) < 4.78 is 68.2. The van der Waals surface area contributed by atoms with Gasteiger partial charge in [-0.05, 0) is 49.4 Å². The Bertz CT molecular complexity index is 1770. The first-order valence-electron chi connectivity index (χ1n) is 36.2. The number of aliphatic hydroxyl groups excluding tert-OH is 1. The lowest BCUT2D eigenvalue weighted by atomic mass is 10.00. The van der Waals surface area contributed by atoms with Crippen molar-refractivity contribution >= 4 is 39.5 Å². The number of esters is 4. The van der Waals surface area contributed by atoms with Gasteiger partial charge in [-0.25, -0.2) is 9.13 Å². The number of hydrogen-bond donors (Lipinski definition) is 3. The Kier molecular flexibility index (Phi) is 58.5. The SMILES string of the molecule is CCC(C)CCCCCCCCC(=O)OC[C@H](COP(=O)(O)OC[C@H](O)COP(=O)(O)OC[C@@H](COC(=O)CCCCCCCCCCCCC(C)C)OC(=O)CCCCCCCCCCCCCCCCC(C)C)OC(=O)CCCCCCCCC(C)C. The Hall–Kier alpha value is -1.94. The quantitative estimate of drug-likeness (QED) is 0.0222. The molecule has 0 aliphatic carbocycles. The molecule has 89 heavy (non-hydrogen) atoms. The molecule has 0 radical (unpaired) electrons. The summed E-state index contributed by atoms with van der Waals surface area (Å²) in [5.74, 6) is 0.820. The Morgan fingerprint density at radius 1 is 0.315 bits per heavy atom. The molecule has 0 aliphatic rings. The molecule has 528 valence electrons. The molecule has 0 amide bonds. The molecule has 0 fully saturated rings. The molecule has 0 aliphatic heterocycles. The lowest BCUT2D eigenvalue weighted by Gasteiger charge is -2.21. The topological polar surface area (TPSA) is 237 Å². The van der Waals surface area contributed by atoms with Gasteiger partial charge < -0.3 is 33.8 Å². The Morgan fingerprint density at radius 3 is 0.798 bits per heavy atom. The zero-order valence-electron chi connectivity index (χ0n) is 58.1. The number of unbranched alkanes of at least 4 members (excludes halogenated alkanes) is 32. The van der Waals surface area contributed by atoms with Crippen molar-refractivity contribution in [3.63, 3.8) is 0 Å². The lowest BCUT2D eigenvalue weighted by Crippen LogP contribution is -2.30. The average Bonchev–Trinajstić information content (AvgIpc) is 3.68. The molecule has 3 N–H and O–H groups in total. The van der Waals surface area contributed by atoms with Gasteiger partial charge >= 0.3 is 39.5 Å². The number of rotatable bonds is 67. The van der Waals surface area contributed by atoms with Crippen LogP contribution in [0.4, 0.5) is 0 Å². The van der Waals surface area contributed by atoms with Crippen LogP contribution in [0.3, 0.4) is 0 Å². The van der Waals surface area contributed by atoms with Crippen LogP contribution in [0.1, 0.15) is 344 Å². The second kappa shape index (κ2) is 59.8. The molecule has 0 rings (SSSR count). The van der Waals surface area contributed by atoms with E-state index in [4.69, 9.17) is 37.0 Å². The van der Waals surface area contributed by atoms with Gasteiger partial charge in [0, 0.05) is 25.7 Å². The summed E-state index contributed by atoms with van der Waals surface area (Å²) in [5, 5.41) is 10.6. The predicted octanol–water partition coefficient (Wildman–Crippen LogP) is 19.7. The van der Waals surface area contributed by atoms with Crippen molar-refractivity contribution in [3.8, 4) is 0 Å². The highest BCUT2D eigenvalue weighted by atomic mass is 31.2. The molecule has 0 aromatic rings. The maximum absolute atomic E-state index is 13.0. The number of phosphoric acid groups is 2. The molecule has 3 unspecified atom stereocenters. The molecule has 0 aromatic heterocycles. The Morgan fingerprint density at radius 2 is 0.539 bits per heavy atom. The lowest BCUT2D eigenvalue weighted by molar-refractivity contribution is -0.161. The van der Waals surface area contributed by atoms with Crippen molar-refractivity contribution in [2.24, 2.45) is 23.7 Å². The first kappa shape index (κ1) is 87.1. The van der Waals surface area contributed by atoms with E-state index in [1.165, 1.54) is 141 Å². The maximum atomic E-state index is 13.0. The minimum Gasteiger partial charge on any atom is -0.462 e. The summed E-state index contributed by atoms with van der Waals surface area (Å²) in [6.07, 6.45) is 41.9. The fraction of sp³-hybridized carbons (Fsp3) is 0.943. The fourth-order valence-electron chi connectivity index (χ4n) is 10.5. The van der Waals surface area contributed by atoms with E-state index >= 15 is 0 Å². The molecule has 0 heterocycles. The molecule has 6 atom stereocenters.